The predicted molar refractivity (Wildman–Crippen MR) is 88.9 cm³/mol. The normalized spacial score (nSPS) is 12.4. The van der Waals surface area contributed by atoms with Gasteiger partial charge in [-0.15, -0.1) is 0 Å². The molecule has 0 saturated carbocycles. The minimum absolute atomic E-state index is 0.0358. The Morgan fingerprint density at radius 2 is 1.35 bits per heavy atom. The van der Waals surface area contributed by atoms with E-state index in [2.05, 4.69) is 78.3 Å². The van der Waals surface area contributed by atoms with E-state index in [-0.39, 0.29) is 3.62 Å². The number of hydrogen-bond donors (Lipinski definition) is 0. The van der Waals surface area contributed by atoms with Gasteiger partial charge < -0.3 is 0 Å². The van der Waals surface area contributed by atoms with Crippen LogP contribution in [0.2, 0.25) is 9.88 Å². The van der Waals surface area contributed by atoms with E-state index in [1.54, 1.807) is 0 Å². The molecule has 0 aromatic heterocycles. The van der Waals surface area contributed by atoms with Crippen molar-refractivity contribution in [3.63, 3.8) is 0 Å². The van der Waals surface area contributed by atoms with Gasteiger partial charge in [-0.2, -0.15) is 0 Å². The molecular weight excluding hydrogens is 351 g/mol. The van der Waals surface area contributed by atoms with Crippen molar-refractivity contribution in [2.75, 3.05) is 0 Å². The fourth-order valence-electron chi connectivity index (χ4n) is 2.22. The summed E-state index contributed by atoms with van der Waals surface area (Å²) < 4.78 is 7.81. The van der Waals surface area contributed by atoms with Crippen LogP contribution in [0.15, 0.2) is 60.7 Å². The molecule has 2 rings (SSSR count). The molecule has 0 N–H and O–H groups in total. The average Bonchev–Trinajstić information content (AvgIpc) is 2.47. The Kier molecular flexibility index (Phi) is 4.92. The average molecular weight is 375 g/mol. The standard InChI is InChI=1S/C10H13O.C6H5.2CH3.Sn/c1-9(2)11-8-10-6-4-3-5-7-10;1-2-4-6-5-3-1;;;/h3-7H,8H2,1-2H3;1-5H;2*1H3;. The summed E-state index contributed by atoms with van der Waals surface area (Å²) in [6.07, 6.45) is 0. The van der Waals surface area contributed by atoms with E-state index in [0.717, 1.165) is 0 Å². The van der Waals surface area contributed by atoms with Gasteiger partial charge in [0.15, 0.2) is 0 Å². The van der Waals surface area contributed by atoms with Gasteiger partial charge in [-0.3, -0.25) is 0 Å². The van der Waals surface area contributed by atoms with Crippen molar-refractivity contribution in [2.24, 2.45) is 0 Å². The Bertz CT molecular complexity index is 532. The molecule has 1 nitrogen and oxygen atoms in total. The van der Waals surface area contributed by atoms with E-state index < -0.39 is 18.4 Å². The van der Waals surface area contributed by atoms with Crippen LogP contribution in [-0.4, -0.2) is 22.0 Å². The van der Waals surface area contributed by atoms with Gasteiger partial charge in [-0.25, -0.2) is 0 Å². The Labute approximate surface area is 126 Å². The SMILES string of the molecule is C[C](C)(OCc1ccccc1)[Sn]([CH3])([CH3])[c]1ccccc1. The summed E-state index contributed by atoms with van der Waals surface area (Å²) in [5.74, 6) is 0. The molecule has 20 heavy (non-hydrogen) atoms. The number of rotatable bonds is 5. The second-order valence-electron chi connectivity index (χ2n) is 6.28. The molecule has 0 heterocycles. The molecule has 0 amide bonds. The third-order valence-electron chi connectivity index (χ3n) is 4.44. The van der Waals surface area contributed by atoms with Crippen LogP contribution < -0.4 is 3.58 Å². The molecule has 2 aromatic rings. The summed E-state index contributed by atoms with van der Waals surface area (Å²) in [5, 5.41) is 0. The summed E-state index contributed by atoms with van der Waals surface area (Å²) in [7, 11) is 0. The van der Waals surface area contributed by atoms with Gasteiger partial charge in [-0.05, 0) is 0 Å². The number of benzene rings is 2. The predicted octanol–water partition coefficient (Wildman–Crippen LogP) is 4.14. The monoisotopic (exact) mass is 376 g/mol. The molecule has 0 unspecified atom stereocenters. The fourth-order valence-corrected chi connectivity index (χ4v) is 8.37. The zero-order valence-electron chi connectivity index (χ0n) is 12.9. The summed E-state index contributed by atoms with van der Waals surface area (Å²) in [5.41, 5.74) is 1.25. The Morgan fingerprint density at radius 1 is 0.850 bits per heavy atom. The van der Waals surface area contributed by atoms with E-state index in [4.69, 9.17) is 4.74 Å². The van der Waals surface area contributed by atoms with Crippen molar-refractivity contribution in [3.8, 4) is 0 Å². The van der Waals surface area contributed by atoms with Crippen molar-refractivity contribution >= 4 is 22.0 Å². The first-order valence-electron chi connectivity index (χ1n) is 7.17. The van der Waals surface area contributed by atoms with Crippen molar-refractivity contribution in [3.05, 3.63) is 66.2 Å². The second-order valence-corrected chi connectivity index (χ2v) is 20.6. The van der Waals surface area contributed by atoms with Crippen molar-refractivity contribution < 1.29 is 4.74 Å². The minimum atomic E-state index is -2.52. The molecule has 0 aliphatic heterocycles. The van der Waals surface area contributed by atoms with Crippen LogP contribution in [0.5, 0.6) is 0 Å². The molecule has 106 valence electrons. The van der Waals surface area contributed by atoms with Gasteiger partial charge in [0.05, 0.1) is 0 Å². The van der Waals surface area contributed by atoms with E-state index >= 15 is 0 Å². The zero-order valence-corrected chi connectivity index (χ0v) is 15.7. The van der Waals surface area contributed by atoms with Crippen LogP contribution in [0.4, 0.5) is 0 Å². The van der Waals surface area contributed by atoms with Gasteiger partial charge >= 0.3 is 127 Å². The molecule has 0 aliphatic rings. The van der Waals surface area contributed by atoms with Crippen molar-refractivity contribution in [1.82, 2.24) is 0 Å². The number of hydrogen-bond acceptors (Lipinski definition) is 1. The Hall–Kier alpha value is -0.801. The quantitative estimate of drug-likeness (QED) is 0.714. The maximum absolute atomic E-state index is 6.33. The Balaban J connectivity index is 2.13. The first kappa shape index (κ1) is 15.6. The summed E-state index contributed by atoms with van der Waals surface area (Å²) >= 11 is -2.52. The molecule has 0 fully saturated rings. The molecule has 0 bridgehead atoms. The summed E-state index contributed by atoms with van der Waals surface area (Å²) in [6.45, 7) is 5.22. The third kappa shape index (κ3) is 3.44. The molecule has 0 radical (unpaired) electrons. The molecule has 0 aliphatic carbocycles. The molecular formula is C18H24OSn. The maximum atomic E-state index is 6.33. The summed E-state index contributed by atoms with van der Waals surface area (Å²) in [6, 6.07) is 21.3. The van der Waals surface area contributed by atoms with Crippen LogP contribution in [0, 0.1) is 0 Å². The van der Waals surface area contributed by atoms with Gasteiger partial charge in [0.2, 0.25) is 0 Å². The Morgan fingerprint density at radius 3 is 1.90 bits per heavy atom. The van der Waals surface area contributed by atoms with Crippen LogP contribution in [0.1, 0.15) is 19.4 Å². The second kappa shape index (κ2) is 6.31. The van der Waals surface area contributed by atoms with E-state index in [9.17, 15) is 0 Å². The molecule has 2 heteroatoms. The van der Waals surface area contributed by atoms with Crippen LogP contribution in [0.3, 0.4) is 0 Å². The van der Waals surface area contributed by atoms with Crippen molar-refractivity contribution in [2.45, 2.75) is 34.0 Å². The van der Waals surface area contributed by atoms with Crippen molar-refractivity contribution in [1.29, 1.82) is 0 Å². The molecule has 0 saturated heterocycles. The van der Waals surface area contributed by atoms with E-state index in [1.165, 1.54) is 9.14 Å². The van der Waals surface area contributed by atoms with Crippen LogP contribution >= 0.6 is 0 Å². The van der Waals surface area contributed by atoms with Gasteiger partial charge in [0.25, 0.3) is 0 Å². The third-order valence-corrected chi connectivity index (χ3v) is 18.5. The van der Waals surface area contributed by atoms with Crippen LogP contribution in [0.25, 0.3) is 0 Å². The zero-order chi connectivity index (χ0) is 14.6. The topological polar surface area (TPSA) is 9.23 Å². The van der Waals surface area contributed by atoms with Gasteiger partial charge in [-0.1, -0.05) is 0 Å². The molecule has 2 aromatic carbocycles. The van der Waals surface area contributed by atoms with E-state index in [1.807, 2.05) is 6.07 Å². The summed E-state index contributed by atoms with van der Waals surface area (Å²) in [4.78, 5) is 4.91. The molecule has 0 atom stereocenters. The van der Waals surface area contributed by atoms with Gasteiger partial charge in [0, 0.05) is 0 Å². The fraction of sp³-hybridized carbons (Fsp3) is 0.333. The van der Waals surface area contributed by atoms with Gasteiger partial charge in [0.1, 0.15) is 0 Å². The number of ether oxygens (including phenoxy) is 1. The van der Waals surface area contributed by atoms with Crippen LogP contribution in [-0.2, 0) is 11.3 Å². The van der Waals surface area contributed by atoms with E-state index in [0.29, 0.717) is 6.61 Å². The first-order chi connectivity index (χ1) is 9.43. The first-order valence-corrected chi connectivity index (χ1v) is 15.7. The molecule has 0 spiro atoms.